The first-order chi connectivity index (χ1) is 11.6. The van der Waals surface area contributed by atoms with Gasteiger partial charge in [-0.05, 0) is 44.7 Å². The van der Waals surface area contributed by atoms with E-state index >= 15 is 0 Å². The predicted molar refractivity (Wildman–Crippen MR) is 97.9 cm³/mol. The maximum atomic E-state index is 12.8. The first-order valence-corrected chi connectivity index (χ1v) is 9.11. The molecule has 0 N–H and O–H groups in total. The van der Waals surface area contributed by atoms with Gasteiger partial charge in [-0.15, -0.1) is 0 Å². The molecule has 1 fully saturated rings. The maximum Gasteiger partial charge on any atom is 0.255 e. The molecule has 3 rings (SSSR count). The number of hydrogen-bond donors (Lipinski definition) is 0. The molecule has 0 aromatic carbocycles. The highest BCUT2D eigenvalue weighted by molar-refractivity contribution is 5.94. The number of aryl methyl sites for hydroxylation is 1. The second-order valence-corrected chi connectivity index (χ2v) is 6.79. The molecule has 0 aliphatic carbocycles. The minimum atomic E-state index is 0.144. The molecule has 24 heavy (non-hydrogen) atoms. The van der Waals surface area contributed by atoms with Crippen molar-refractivity contribution in [2.24, 2.45) is 0 Å². The monoisotopic (exact) mass is 328 g/mol. The molecule has 5 heteroatoms. The molecule has 0 radical (unpaired) electrons. The van der Waals surface area contributed by atoms with E-state index in [1.54, 1.807) is 0 Å². The molecule has 0 atom stereocenters. The predicted octanol–water partition coefficient (Wildman–Crippen LogP) is 3.51. The third kappa shape index (κ3) is 3.25. The minimum Gasteiger partial charge on any atom is -0.359 e. The van der Waals surface area contributed by atoms with Gasteiger partial charge < -0.3 is 9.80 Å². The van der Waals surface area contributed by atoms with Gasteiger partial charge in [-0.2, -0.15) is 0 Å². The van der Waals surface area contributed by atoms with Crippen molar-refractivity contribution in [1.29, 1.82) is 0 Å². The lowest BCUT2D eigenvalue weighted by Crippen LogP contribution is -2.35. The van der Waals surface area contributed by atoms with Crippen molar-refractivity contribution < 1.29 is 4.79 Å². The van der Waals surface area contributed by atoms with Crippen LogP contribution in [-0.2, 0) is 0 Å². The van der Waals surface area contributed by atoms with E-state index in [2.05, 4.69) is 28.3 Å². The number of imidazole rings is 1. The van der Waals surface area contributed by atoms with Gasteiger partial charge in [0.15, 0.2) is 0 Å². The summed E-state index contributed by atoms with van der Waals surface area (Å²) in [6.07, 6.45) is 7.74. The molecule has 5 nitrogen and oxygen atoms in total. The number of hydrogen-bond acceptors (Lipinski definition) is 3. The van der Waals surface area contributed by atoms with E-state index in [0.717, 1.165) is 61.6 Å². The Balaban J connectivity index is 1.92. The molecule has 0 bridgehead atoms. The van der Waals surface area contributed by atoms with Crippen molar-refractivity contribution in [3.05, 3.63) is 29.6 Å². The average Bonchev–Trinajstić information content (AvgIpc) is 2.94. The largest absolute Gasteiger partial charge is 0.359 e. The molecular formula is C19H28N4O. The van der Waals surface area contributed by atoms with Crippen molar-refractivity contribution in [1.82, 2.24) is 14.3 Å². The third-order valence-corrected chi connectivity index (χ3v) is 4.86. The van der Waals surface area contributed by atoms with Gasteiger partial charge in [0.25, 0.3) is 5.91 Å². The fourth-order valence-electron chi connectivity index (χ4n) is 3.52. The van der Waals surface area contributed by atoms with Crippen LogP contribution in [0.25, 0.3) is 5.65 Å². The number of fused-ring (bicyclic) bond motifs is 1. The van der Waals surface area contributed by atoms with Crippen LogP contribution in [0.1, 0.15) is 55.1 Å². The van der Waals surface area contributed by atoms with Crippen molar-refractivity contribution in [3.8, 4) is 0 Å². The summed E-state index contributed by atoms with van der Waals surface area (Å²) in [7, 11) is 2.10. The molecule has 1 saturated heterocycles. The van der Waals surface area contributed by atoms with Gasteiger partial charge in [-0.25, -0.2) is 4.98 Å². The summed E-state index contributed by atoms with van der Waals surface area (Å²) in [5.74, 6) is 1.23. The maximum absolute atomic E-state index is 12.8. The molecule has 0 unspecified atom stereocenters. The first-order valence-electron chi connectivity index (χ1n) is 9.11. The molecule has 1 aliphatic heterocycles. The van der Waals surface area contributed by atoms with Crippen LogP contribution in [0.15, 0.2) is 18.3 Å². The van der Waals surface area contributed by atoms with Crippen LogP contribution >= 0.6 is 0 Å². The van der Waals surface area contributed by atoms with E-state index in [0.29, 0.717) is 0 Å². The van der Waals surface area contributed by atoms with Gasteiger partial charge in [0.05, 0.1) is 11.3 Å². The van der Waals surface area contributed by atoms with Crippen molar-refractivity contribution >= 4 is 17.4 Å². The average molecular weight is 328 g/mol. The Kier molecular flexibility index (Phi) is 5.07. The zero-order valence-electron chi connectivity index (χ0n) is 15.1. The normalized spacial score (nSPS) is 15.0. The van der Waals surface area contributed by atoms with E-state index in [-0.39, 0.29) is 5.91 Å². The Morgan fingerprint density at radius 1 is 1.25 bits per heavy atom. The summed E-state index contributed by atoms with van der Waals surface area (Å²) >= 11 is 0. The Labute approximate surface area is 144 Å². The summed E-state index contributed by atoms with van der Waals surface area (Å²) < 4.78 is 2.07. The minimum absolute atomic E-state index is 0.144. The van der Waals surface area contributed by atoms with Gasteiger partial charge in [-0.1, -0.05) is 13.3 Å². The number of carbonyl (C=O) groups is 1. The molecule has 2 aromatic rings. The first kappa shape index (κ1) is 16.8. The van der Waals surface area contributed by atoms with E-state index in [9.17, 15) is 4.79 Å². The second-order valence-electron chi connectivity index (χ2n) is 6.79. The Morgan fingerprint density at radius 2 is 2.00 bits per heavy atom. The van der Waals surface area contributed by atoms with Crippen molar-refractivity contribution in [2.75, 3.05) is 31.6 Å². The van der Waals surface area contributed by atoms with Crippen LogP contribution in [0.5, 0.6) is 0 Å². The highest BCUT2D eigenvalue weighted by atomic mass is 16.2. The number of likely N-dealkylation sites (tertiary alicyclic amines) is 1. The number of amides is 1. The number of carbonyl (C=O) groups excluding carboxylic acids is 1. The van der Waals surface area contributed by atoms with E-state index in [1.165, 1.54) is 12.8 Å². The van der Waals surface area contributed by atoms with Crippen LogP contribution in [0.4, 0.5) is 5.82 Å². The van der Waals surface area contributed by atoms with Crippen molar-refractivity contribution in [2.45, 2.75) is 46.0 Å². The summed E-state index contributed by atoms with van der Waals surface area (Å²) in [4.78, 5) is 21.7. The fourth-order valence-corrected chi connectivity index (χ4v) is 3.52. The van der Waals surface area contributed by atoms with Crippen molar-refractivity contribution in [3.63, 3.8) is 0 Å². The highest BCUT2D eigenvalue weighted by Crippen LogP contribution is 2.23. The molecule has 1 amide bonds. The third-order valence-electron chi connectivity index (χ3n) is 4.86. The number of pyridine rings is 1. The second kappa shape index (κ2) is 7.24. The summed E-state index contributed by atoms with van der Waals surface area (Å²) in [5.41, 5.74) is 2.67. The summed E-state index contributed by atoms with van der Waals surface area (Å²) in [5, 5.41) is 0. The Hall–Kier alpha value is -2.04. The van der Waals surface area contributed by atoms with Gasteiger partial charge >= 0.3 is 0 Å². The van der Waals surface area contributed by atoms with Crippen LogP contribution in [0, 0.1) is 6.92 Å². The molecule has 0 saturated carbocycles. The summed E-state index contributed by atoms with van der Waals surface area (Å²) in [6, 6.07) is 3.87. The smallest absolute Gasteiger partial charge is 0.255 e. The van der Waals surface area contributed by atoms with Crippen LogP contribution in [0.2, 0.25) is 0 Å². The number of aromatic nitrogens is 2. The number of unbranched alkanes of at least 4 members (excludes halogenated alkanes) is 1. The van der Waals surface area contributed by atoms with E-state index < -0.39 is 0 Å². The standard InChI is InChI=1S/C19H28N4O/c1-4-5-11-21(3)18-15(2)20-17-10-9-16(14-23(17)18)19(24)22-12-7-6-8-13-22/h9-10,14H,4-8,11-13H2,1-3H3. The molecule has 3 heterocycles. The zero-order chi connectivity index (χ0) is 17.1. The van der Waals surface area contributed by atoms with E-state index in [4.69, 9.17) is 0 Å². The molecule has 0 spiro atoms. The summed E-state index contributed by atoms with van der Waals surface area (Å²) in [6.45, 7) is 6.99. The lowest BCUT2D eigenvalue weighted by Gasteiger charge is -2.27. The molecular weight excluding hydrogens is 300 g/mol. The van der Waals surface area contributed by atoms with Crippen LogP contribution < -0.4 is 4.90 Å². The molecule has 130 valence electrons. The number of nitrogens with zero attached hydrogens (tertiary/aromatic N) is 4. The van der Waals surface area contributed by atoms with Crippen LogP contribution in [-0.4, -0.2) is 46.9 Å². The number of anilines is 1. The van der Waals surface area contributed by atoms with Gasteiger partial charge in [-0.3, -0.25) is 9.20 Å². The lowest BCUT2D eigenvalue weighted by molar-refractivity contribution is 0.0724. The lowest BCUT2D eigenvalue weighted by atomic mass is 10.1. The quantitative estimate of drug-likeness (QED) is 0.843. The Morgan fingerprint density at radius 3 is 2.71 bits per heavy atom. The van der Waals surface area contributed by atoms with Crippen LogP contribution in [0.3, 0.4) is 0 Å². The molecule has 1 aliphatic rings. The highest BCUT2D eigenvalue weighted by Gasteiger charge is 2.20. The van der Waals surface area contributed by atoms with Gasteiger partial charge in [0, 0.05) is 32.9 Å². The topological polar surface area (TPSA) is 40.9 Å². The number of piperidine rings is 1. The number of rotatable bonds is 5. The zero-order valence-corrected chi connectivity index (χ0v) is 15.1. The Bertz CT molecular complexity index is 715. The van der Waals surface area contributed by atoms with Gasteiger partial charge in [0.1, 0.15) is 11.5 Å². The van der Waals surface area contributed by atoms with Gasteiger partial charge in [0.2, 0.25) is 0 Å². The molecule has 2 aromatic heterocycles. The van der Waals surface area contributed by atoms with E-state index in [1.807, 2.05) is 30.2 Å². The SMILES string of the molecule is CCCCN(C)c1c(C)nc2ccc(C(=O)N3CCCCC3)cn12. The fraction of sp³-hybridized carbons (Fsp3) is 0.579.